The van der Waals surface area contributed by atoms with Gasteiger partial charge in [-0.05, 0) is 144 Å². The molecule has 0 aromatic heterocycles. The molecule has 8 rings (SSSR count). The van der Waals surface area contributed by atoms with Crippen molar-refractivity contribution < 1.29 is 0 Å². The van der Waals surface area contributed by atoms with Crippen LogP contribution in [0.25, 0.3) is 0 Å². The number of nitrogens with zero attached hydrogens (tertiary/aromatic N) is 2. The minimum Gasteiger partial charge on any atom is -0.353 e. The molecule has 0 amide bonds. The van der Waals surface area contributed by atoms with E-state index in [1.54, 1.807) is 0 Å². The van der Waals surface area contributed by atoms with Gasteiger partial charge in [0.05, 0.1) is 6.04 Å². The van der Waals surface area contributed by atoms with Gasteiger partial charge in [0.15, 0.2) is 5.96 Å². The lowest BCUT2D eigenvalue weighted by molar-refractivity contribution is 0.101. The molecule has 0 aliphatic heterocycles. The van der Waals surface area contributed by atoms with Crippen LogP contribution in [-0.4, -0.2) is 35.0 Å². The maximum absolute atomic E-state index is 6.15. The molecule has 3 nitrogen and oxygen atoms in total. The molecule has 3 heteroatoms. The van der Waals surface area contributed by atoms with Crippen molar-refractivity contribution in [3.63, 3.8) is 0 Å². The van der Waals surface area contributed by atoms with Gasteiger partial charge in [-0.3, -0.25) is 0 Å². The van der Waals surface area contributed by atoms with Gasteiger partial charge in [0, 0.05) is 18.1 Å². The Bertz CT molecular complexity index is 1200. The highest BCUT2D eigenvalue weighted by Gasteiger charge is 2.68. The van der Waals surface area contributed by atoms with E-state index in [-0.39, 0.29) is 0 Å². The Labute approximate surface area is 271 Å². The molecular formula is C41H69N3. The number of hydrogen-bond acceptors (Lipinski definition) is 1. The van der Waals surface area contributed by atoms with E-state index in [1.807, 2.05) is 0 Å². The average molecular weight is 604 g/mol. The second-order valence-electron chi connectivity index (χ2n) is 21.8. The lowest BCUT2D eigenvalue weighted by Gasteiger charge is -2.47. The third-order valence-electron chi connectivity index (χ3n) is 20.0. The van der Waals surface area contributed by atoms with Crippen LogP contribution in [0.5, 0.6) is 0 Å². The summed E-state index contributed by atoms with van der Waals surface area (Å²) in [6, 6.07) is 2.29. The van der Waals surface area contributed by atoms with E-state index in [0.717, 1.165) is 23.7 Å². The van der Waals surface area contributed by atoms with Gasteiger partial charge in [0.1, 0.15) is 0 Å². The van der Waals surface area contributed by atoms with Gasteiger partial charge in [-0.2, -0.15) is 0 Å². The topological polar surface area (TPSA) is 27.6 Å². The first-order valence-corrected chi connectivity index (χ1v) is 19.3. The zero-order valence-electron chi connectivity index (χ0n) is 31.0. The fraction of sp³-hybridized carbons (Fsp3) is 0.976. The Morgan fingerprint density at radius 1 is 0.500 bits per heavy atom. The van der Waals surface area contributed by atoms with Crippen LogP contribution >= 0.6 is 0 Å². The van der Waals surface area contributed by atoms with Gasteiger partial charge in [-0.25, -0.2) is 4.99 Å². The average Bonchev–Trinajstić information content (AvgIpc) is 3.65. The molecule has 8 aliphatic rings. The van der Waals surface area contributed by atoms with Crippen LogP contribution in [0.1, 0.15) is 160 Å². The van der Waals surface area contributed by atoms with Gasteiger partial charge in [-0.15, -0.1) is 0 Å². The maximum Gasteiger partial charge on any atom is 0.194 e. The third kappa shape index (κ3) is 3.45. The highest BCUT2D eigenvalue weighted by molar-refractivity contribution is 5.82. The van der Waals surface area contributed by atoms with Crippen LogP contribution in [0.4, 0.5) is 0 Å². The zero-order chi connectivity index (χ0) is 31.7. The van der Waals surface area contributed by atoms with Gasteiger partial charge >= 0.3 is 0 Å². The van der Waals surface area contributed by atoms with Gasteiger partial charge in [0.2, 0.25) is 0 Å². The summed E-state index contributed by atoms with van der Waals surface area (Å²) in [5.41, 5.74) is 3.41. The maximum atomic E-state index is 6.15. The first kappa shape index (κ1) is 30.6. The fourth-order valence-corrected chi connectivity index (χ4v) is 15.0. The second-order valence-corrected chi connectivity index (χ2v) is 21.8. The summed E-state index contributed by atoms with van der Waals surface area (Å²) >= 11 is 0. The third-order valence-corrected chi connectivity index (χ3v) is 20.0. The summed E-state index contributed by atoms with van der Waals surface area (Å²) in [5.74, 6) is 4.42. The predicted octanol–water partition coefficient (Wildman–Crippen LogP) is 10.1. The molecule has 12 unspecified atom stereocenters. The largest absolute Gasteiger partial charge is 0.353 e. The predicted molar refractivity (Wildman–Crippen MR) is 184 cm³/mol. The number of rotatable bonds is 4. The normalized spacial score (nSPS) is 55.0. The lowest BCUT2D eigenvalue weighted by atomic mass is 9.71. The Kier molecular flexibility index (Phi) is 6.01. The Balaban J connectivity index is 1.24. The number of guanidine groups is 1. The number of fused-ring (bicyclic) bond motifs is 8. The molecule has 12 atom stereocenters. The summed E-state index contributed by atoms with van der Waals surface area (Å²) in [6.07, 6.45) is 16.5. The van der Waals surface area contributed by atoms with E-state index in [1.165, 1.54) is 83.0 Å². The molecule has 0 heterocycles. The summed E-state index contributed by atoms with van der Waals surface area (Å²) in [6.45, 7) is 31.4. The smallest absolute Gasteiger partial charge is 0.194 e. The zero-order valence-corrected chi connectivity index (χ0v) is 31.0. The number of nitrogens with one attached hydrogen (secondary N) is 1. The van der Waals surface area contributed by atoms with Crippen molar-refractivity contribution in [2.75, 3.05) is 0 Å². The minimum atomic E-state index is 0.392. The molecule has 0 spiro atoms. The van der Waals surface area contributed by atoms with Crippen LogP contribution < -0.4 is 5.32 Å². The fourth-order valence-electron chi connectivity index (χ4n) is 15.0. The molecular weight excluding hydrogens is 534 g/mol. The molecule has 8 bridgehead atoms. The lowest BCUT2D eigenvalue weighted by Crippen LogP contribution is -2.59. The molecule has 8 aliphatic carbocycles. The number of aliphatic imine (C=N–C) groups is 1. The summed E-state index contributed by atoms with van der Waals surface area (Å²) in [4.78, 5) is 9.25. The molecule has 0 radical (unpaired) electrons. The molecule has 44 heavy (non-hydrogen) atoms. The first-order chi connectivity index (χ1) is 20.2. The second kappa shape index (κ2) is 8.64. The molecule has 8 saturated carbocycles. The highest BCUT2D eigenvalue weighted by Crippen LogP contribution is 2.71. The molecule has 0 aromatic carbocycles. The van der Waals surface area contributed by atoms with Crippen molar-refractivity contribution >= 4 is 5.96 Å². The van der Waals surface area contributed by atoms with E-state index >= 15 is 0 Å². The van der Waals surface area contributed by atoms with Crippen molar-refractivity contribution in [1.29, 1.82) is 0 Å². The Hall–Kier alpha value is -0.730. The van der Waals surface area contributed by atoms with Crippen molar-refractivity contribution in [3.8, 4) is 0 Å². The van der Waals surface area contributed by atoms with Crippen molar-refractivity contribution in [3.05, 3.63) is 0 Å². The summed E-state index contributed by atoms with van der Waals surface area (Å²) in [5, 5.41) is 4.48. The quantitative estimate of drug-likeness (QED) is 0.256. The van der Waals surface area contributed by atoms with Crippen LogP contribution in [0.15, 0.2) is 4.99 Å². The van der Waals surface area contributed by atoms with Crippen molar-refractivity contribution in [2.45, 2.75) is 184 Å². The monoisotopic (exact) mass is 604 g/mol. The van der Waals surface area contributed by atoms with E-state index in [2.05, 4.69) is 93.3 Å². The van der Waals surface area contributed by atoms with E-state index in [0.29, 0.717) is 67.5 Å². The Morgan fingerprint density at radius 3 is 1.20 bits per heavy atom. The van der Waals surface area contributed by atoms with Crippen LogP contribution in [0.3, 0.4) is 0 Å². The highest BCUT2D eigenvalue weighted by atomic mass is 15.4. The SMILES string of the molecule is CC12CCC(C(N=C(NC3CC4(C)CCC3C4(C)C)N(C3CC4(C)CCC3C4(C)C)C3CC4(C)CCC3C4(C)C)C1)C2(C)C. The molecule has 248 valence electrons. The van der Waals surface area contributed by atoms with Gasteiger partial charge in [0.25, 0.3) is 0 Å². The van der Waals surface area contributed by atoms with Crippen molar-refractivity contribution in [1.82, 2.24) is 10.2 Å². The van der Waals surface area contributed by atoms with Gasteiger partial charge < -0.3 is 10.2 Å². The van der Waals surface area contributed by atoms with Crippen LogP contribution in [0.2, 0.25) is 0 Å². The van der Waals surface area contributed by atoms with Crippen LogP contribution in [-0.2, 0) is 0 Å². The summed E-state index contributed by atoms with van der Waals surface area (Å²) < 4.78 is 0. The standard InChI is InChI=1S/C41H69N3/c1-34(2)25-13-17-38(34,9)21-29(25)42-33(43-30-22-39(10)18-14-26(30)35(39,3)4)44(31-23-40(11)19-15-27(31)36(40,5)6)32-24-41(12)20-16-28(32)37(41,7)8/h25-32H,13-24H2,1-12H3,(H,42,43). The minimum absolute atomic E-state index is 0.392. The molecule has 8 fully saturated rings. The van der Waals surface area contributed by atoms with Gasteiger partial charge in [-0.1, -0.05) is 83.1 Å². The molecule has 0 saturated heterocycles. The Morgan fingerprint density at radius 2 is 0.886 bits per heavy atom. The van der Waals surface area contributed by atoms with E-state index < -0.39 is 0 Å². The number of hydrogen-bond donors (Lipinski definition) is 1. The summed E-state index contributed by atoms with van der Waals surface area (Å²) in [7, 11) is 0. The van der Waals surface area contributed by atoms with Crippen LogP contribution in [0, 0.1) is 67.0 Å². The molecule has 0 aromatic rings. The molecule has 1 N–H and O–H groups in total. The van der Waals surface area contributed by atoms with Crippen molar-refractivity contribution in [2.24, 2.45) is 72.0 Å². The van der Waals surface area contributed by atoms with E-state index in [9.17, 15) is 0 Å². The van der Waals surface area contributed by atoms with E-state index in [4.69, 9.17) is 4.99 Å². The first-order valence-electron chi connectivity index (χ1n) is 19.3.